The molecule has 0 spiro atoms. The van der Waals surface area contributed by atoms with Crippen molar-refractivity contribution in [1.29, 1.82) is 0 Å². The van der Waals surface area contributed by atoms with Gasteiger partial charge in [0.25, 0.3) is 0 Å². The van der Waals surface area contributed by atoms with Crippen molar-refractivity contribution >= 4 is 5.97 Å². The number of rotatable bonds is 4. The summed E-state index contributed by atoms with van der Waals surface area (Å²) in [4.78, 5) is 11.3. The number of carbonyl (C=O) groups is 1. The molecule has 0 saturated carbocycles. The molecule has 1 aliphatic rings. The molecular formula is C9H16O4. The van der Waals surface area contributed by atoms with E-state index in [1.807, 2.05) is 0 Å². The number of carbonyl (C=O) groups excluding carboxylic acids is 1. The summed E-state index contributed by atoms with van der Waals surface area (Å²) in [6.45, 7) is 3.33. The summed E-state index contributed by atoms with van der Waals surface area (Å²) in [5.74, 6) is -0.253. The first kappa shape index (κ1) is 10.5. The number of hydrogen-bond acceptors (Lipinski definition) is 4. The minimum atomic E-state index is -0.411. The summed E-state index contributed by atoms with van der Waals surface area (Å²) < 4.78 is 15.0. The fraction of sp³-hybridized carbons (Fsp3) is 0.889. The molecule has 0 N–H and O–H groups in total. The van der Waals surface area contributed by atoms with Crippen LogP contribution < -0.4 is 0 Å². The first-order chi connectivity index (χ1) is 6.34. The van der Waals surface area contributed by atoms with Crippen molar-refractivity contribution in [2.75, 3.05) is 20.0 Å². The number of unbranched alkanes of at least 4 members (excludes halogenated alkanes) is 1. The third-order valence-electron chi connectivity index (χ3n) is 1.88. The molecule has 0 aromatic carbocycles. The SMILES string of the molecule is CCCCOC(=O)C1CCOCO1. The number of esters is 1. The van der Waals surface area contributed by atoms with Crippen molar-refractivity contribution in [3.63, 3.8) is 0 Å². The second-order valence-electron chi connectivity index (χ2n) is 2.99. The molecule has 13 heavy (non-hydrogen) atoms. The molecule has 1 rings (SSSR count). The van der Waals surface area contributed by atoms with Gasteiger partial charge in [-0.05, 0) is 6.42 Å². The van der Waals surface area contributed by atoms with Crippen molar-refractivity contribution in [2.45, 2.75) is 32.3 Å². The third kappa shape index (κ3) is 3.74. The van der Waals surface area contributed by atoms with E-state index in [4.69, 9.17) is 14.2 Å². The van der Waals surface area contributed by atoms with Crippen LogP contribution in [0.2, 0.25) is 0 Å². The van der Waals surface area contributed by atoms with Gasteiger partial charge in [0.2, 0.25) is 0 Å². The normalized spacial score (nSPS) is 22.7. The maximum Gasteiger partial charge on any atom is 0.335 e. The second kappa shape index (κ2) is 5.94. The molecule has 76 valence electrons. The summed E-state index contributed by atoms with van der Waals surface area (Å²) in [5, 5.41) is 0. The van der Waals surface area contributed by atoms with Crippen LogP contribution >= 0.6 is 0 Å². The molecule has 1 aliphatic heterocycles. The summed E-state index contributed by atoms with van der Waals surface area (Å²) in [7, 11) is 0. The Morgan fingerprint density at radius 1 is 1.62 bits per heavy atom. The lowest BCUT2D eigenvalue weighted by Crippen LogP contribution is -2.32. The minimum absolute atomic E-state index is 0.202. The van der Waals surface area contributed by atoms with Gasteiger partial charge in [-0.3, -0.25) is 0 Å². The highest BCUT2D eigenvalue weighted by atomic mass is 16.7. The van der Waals surface area contributed by atoms with Crippen LogP contribution in [0.1, 0.15) is 26.2 Å². The molecule has 1 heterocycles. The molecule has 1 fully saturated rings. The standard InChI is InChI=1S/C9H16O4/c1-2-3-5-12-9(10)8-4-6-11-7-13-8/h8H,2-7H2,1H3. The number of ether oxygens (including phenoxy) is 3. The predicted octanol–water partition coefficient (Wildman–Crippen LogP) is 1.09. The van der Waals surface area contributed by atoms with E-state index in [1.165, 1.54) is 0 Å². The van der Waals surface area contributed by atoms with E-state index in [1.54, 1.807) is 0 Å². The van der Waals surface area contributed by atoms with Gasteiger partial charge in [0.05, 0.1) is 13.2 Å². The van der Waals surface area contributed by atoms with Gasteiger partial charge in [-0.25, -0.2) is 4.79 Å². The monoisotopic (exact) mass is 188 g/mol. The maximum atomic E-state index is 11.3. The van der Waals surface area contributed by atoms with E-state index >= 15 is 0 Å². The van der Waals surface area contributed by atoms with Crippen molar-refractivity contribution < 1.29 is 19.0 Å². The quantitative estimate of drug-likeness (QED) is 0.489. The van der Waals surface area contributed by atoms with Crippen molar-refractivity contribution in [3.05, 3.63) is 0 Å². The average molecular weight is 188 g/mol. The zero-order valence-electron chi connectivity index (χ0n) is 7.95. The molecule has 0 aliphatic carbocycles. The van der Waals surface area contributed by atoms with Gasteiger partial charge in [0.1, 0.15) is 6.79 Å². The van der Waals surface area contributed by atoms with Crippen LogP contribution in [-0.4, -0.2) is 32.1 Å². The molecule has 0 amide bonds. The summed E-state index contributed by atoms with van der Waals surface area (Å²) in [6, 6.07) is 0. The Balaban J connectivity index is 2.13. The van der Waals surface area contributed by atoms with Gasteiger partial charge < -0.3 is 14.2 Å². The van der Waals surface area contributed by atoms with Crippen molar-refractivity contribution in [1.82, 2.24) is 0 Å². The Labute approximate surface area is 78.2 Å². The largest absolute Gasteiger partial charge is 0.464 e. The van der Waals surface area contributed by atoms with E-state index in [0.29, 0.717) is 19.6 Å². The van der Waals surface area contributed by atoms with Crippen LogP contribution in [0.15, 0.2) is 0 Å². The first-order valence-corrected chi connectivity index (χ1v) is 4.70. The predicted molar refractivity (Wildman–Crippen MR) is 46.2 cm³/mol. The molecular weight excluding hydrogens is 172 g/mol. The van der Waals surface area contributed by atoms with Gasteiger partial charge in [-0.1, -0.05) is 13.3 Å². The zero-order valence-corrected chi connectivity index (χ0v) is 7.95. The Morgan fingerprint density at radius 3 is 3.08 bits per heavy atom. The number of hydrogen-bond donors (Lipinski definition) is 0. The molecule has 1 unspecified atom stereocenters. The van der Waals surface area contributed by atoms with E-state index < -0.39 is 6.10 Å². The van der Waals surface area contributed by atoms with Gasteiger partial charge in [-0.15, -0.1) is 0 Å². The lowest BCUT2D eigenvalue weighted by Gasteiger charge is -2.20. The Bertz CT molecular complexity index is 152. The summed E-state index contributed by atoms with van der Waals surface area (Å²) in [5.41, 5.74) is 0. The van der Waals surface area contributed by atoms with Crippen LogP contribution in [0.3, 0.4) is 0 Å². The van der Waals surface area contributed by atoms with Crippen LogP contribution in [-0.2, 0) is 19.0 Å². The highest BCUT2D eigenvalue weighted by Crippen LogP contribution is 2.07. The van der Waals surface area contributed by atoms with Crippen LogP contribution in [0.25, 0.3) is 0 Å². The Hall–Kier alpha value is -0.610. The van der Waals surface area contributed by atoms with Gasteiger partial charge in [0, 0.05) is 6.42 Å². The Kier molecular flexibility index (Phi) is 4.78. The van der Waals surface area contributed by atoms with Crippen LogP contribution in [0.5, 0.6) is 0 Å². The van der Waals surface area contributed by atoms with Gasteiger partial charge >= 0.3 is 5.97 Å². The molecule has 0 aromatic heterocycles. The van der Waals surface area contributed by atoms with E-state index in [-0.39, 0.29) is 12.8 Å². The smallest absolute Gasteiger partial charge is 0.335 e. The molecule has 1 atom stereocenters. The summed E-state index contributed by atoms with van der Waals surface area (Å²) >= 11 is 0. The molecule has 1 saturated heterocycles. The van der Waals surface area contributed by atoms with E-state index in [2.05, 4.69) is 6.92 Å². The topological polar surface area (TPSA) is 44.8 Å². The molecule has 4 heteroatoms. The fourth-order valence-corrected chi connectivity index (χ4v) is 1.06. The Morgan fingerprint density at radius 2 is 2.46 bits per heavy atom. The fourth-order valence-electron chi connectivity index (χ4n) is 1.06. The van der Waals surface area contributed by atoms with Crippen LogP contribution in [0, 0.1) is 0 Å². The van der Waals surface area contributed by atoms with Crippen LogP contribution in [0.4, 0.5) is 0 Å². The van der Waals surface area contributed by atoms with Crippen molar-refractivity contribution in [3.8, 4) is 0 Å². The van der Waals surface area contributed by atoms with Gasteiger partial charge in [0.15, 0.2) is 6.10 Å². The summed E-state index contributed by atoms with van der Waals surface area (Å²) in [6.07, 6.45) is 2.13. The second-order valence-corrected chi connectivity index (χ2v) is 2.99. The van der Waals surface area contributed by atoms with E-state index in [9.17, 15) is 4.79 Å². The average Bonchev–Trinajstić information content (AvgIpc) is 2.19. The molecule has 4 nitrogen and oxygen atoms in total. The maximum absolute atomic E-state index is 11.3. The lowest BCUT2D eigenvalue weighted by molar-refractivity contribution is -0.182. The highest BCUT2D eigenvalue weighted by molar-refractivity contribution is 5.74. The lowest BCUT2D eigenvalue weighted by atomic mass is 10.2. The molecule has 0 radical (unpaired) electrons. The van der Waals surface area contributed by atoms with E-state index in [0.717, 1.165) is 12.8 Å². The third-order valence-corrected chi connectivity index (χ3v) is 1.88. The highest BCUT2D eigenvalue weighted by Gasteiger charge is 2.23. The van der Waals surface area contributed by atoms with Gasteiger partial charge in [-0.2, -0.15) is 0 Å². The molecule has 0 bridgehead atoms. The zero-order chi connectivity index (χ0) is 9.52. The minimum Gasteiger partial charge on any atom is -0.464 e. The van der Waals surface area contributed by atoms with Crippen molar-refractivity contribution in [2.24, 2.45) is 0 Å². The first-order valence-electron chi connectivity index (χ1n) is 4.70. The molecule has 0 aromatic rings.